The lowest BCUT2D eigenvalue weighted by Gasteiger charge is -2.41. The molecule has 1 fully saturated rings. The molecule has 2 heterocycles. The molecule has 0 N–H and O–H groups in total. The maximum Gasteiger partial charge on any atom is 0.227 e. The number of piperazine rings is 1. The number of para-hydroxylation sites is 2. The molecular formula is C21H32N4O3S. The Balaban J connectivity index is 1.76. The first-order chi connectivity index (χ1) is 13.7. The average Bonchev–Trinajstić information content (AvgIpc) is 3.05. The number of benzene rings is 1. The molecule has 0 bridgehead atoms. The van der Waals surface area contributed by atoms with E-state index in [1.54, 1.807) is 13.3 Å². The summed E-state index contributed by atoms with van der Waals surface area (Å²) >= 11 is 0. The fourth-order valence-electron chi connectivity index (χ4n) is 3.92. The van der Waals surface area contributed by atoms with E-state index in [4.69, 9.17) is 4.74 Å². The number of methoxy groups -OCH3 is 1. The number of imidazole rings is 1. The lowest BCUT2D eigenvalue weighted by molar-refractivity contribution is 0.175. The van der Waals surface area contributed by atoms with Crippen molar-refractivity contribution in [1.29, 1.82) is 0 Å². The zero-order chi connectivity index (χ0) is 21.2. The van der Waals surface area contributed by atoms with E-state index in [0.717, 1.165) is 36.8 Å². The highest BCUT2D eigenvalue weighted by molar-refractivity contribution is 7.90. The van der Waals surface area contributed by atoms with Crippen molar-refractivity contribution in [2.75, 3.05) is 37.9 Å². The fraction of sp³-hybridized carbons (Fsp3) is 0.571. The molecule has 160 valence electrons. The zero-order valence-corrected chi connectivity index (χ0v) is 18.8. The first-order valence-electron chi connectivity index (χ1n) is 10.1. The van der Waals surface area contributed by atoms with E-state index in [0.29, 0.717) is 25.0 Å². The number of aromatic nitrogens is 2. The van der Waals surface area contributed by atoms with Gasteiger partial charge >= 0.3 is 0 Å². The van der Waals surface area contributed by atoms with E-state index in [1.165, 1.54) is 6.26 Å². The SMILES string of the molecule is COc1ccccc1N1CCN(Cc2cnc(S(C)(=O)=O)n2CC(C)C)[C@@H](C)C1. The van der Waals surface area contributed by atoms with Crippen LogP contribution in [0.15, 0.2) is 35.6 Å². The van der Waals surface area contributed by atoms with Crippen LogP contribution in [0.25, 0.3) is 0 Å². The van der Waals surface area contributed by atoms with Crippen molar-refractivity contribution in [2.45, 2.75) is 45.1 Å². The fourth-order valence-corrected chi connectivity index (χ4v) is 4.76. The molecule has 8 heteroatoms. The number of hydrogen-bond donors (Lipinski definition) is 0. The summed E-state index contributed by atoms with van der Waals surface area (Å²) in [6.45, 7) is 10.4. The molecule has 0 spiro atoms. The van der Waals surface area contributed by atoms with Crippen molar-refractivity contribution in [3.8, 4) is 5.75 Å². The smallest absolute Gasteiger partial charge is 0.227 e. The molecule has 2 aromatic rings. The highest BCUT2D eigenvalue weighted by Crippen LogP contribution is 2.30. The van der Waals surface area contributed by atoms with Crippen molar-refractivity contribution in [1.82, 2.24) is 14.5 Å². The van der Waals surface area contributed by atoms with Gasteiger partial charge in [0.2, 0.25) is 15.0 Å². The summed E-state index contributed by atoms with van der Waals surface area (Å²) in [5.74, 6) is 1.23. The van der Waals surface area contributed by atoms with Gasteiger partial charge in [0, 0.05) is 45.0 Å². The normalized spacial score (nSPS) is 18.4. The van der Waals surface area contributed by atoms with E-state index in [2.05, 4.69) is 41.6 Å². The monoisotopic (exact) mass is 420 g/mol. The van der Waals surface area contributed by atoms with Gasteiger partial charge in [-0.05, 0) is 25.0 Å². The van der Waals surface area contributed by atoms with Gasteiger partial charge in [0.25, 0.3) is 0 Å². The standard InChI is InChI=1S/C21H32N4O3S/c1-16(2)13-25-18(12-22-21(25)29(5,26)27)15-23-10-11-24(14-17(23)3)19-8-6-7-9-20(19)28-4/h6-9,12,16-17H,10-11,13-15H2,1-5H3/t17-/m0/s1. The van der Waals surface area contributed by atoms with Crippen LogP contribution in [0.2, 0.25) is 0 Å². The minimum absolute atomic E-state index is 0.168. The van der Waals surface area contributed by atoms with Crippen molar-refractivity contribution in [3.63, 3.8) is 0 Å². The molecule has 29 heavy (non-hydrogen) atoms. The third-order valence-corrected chi connectivity index (χ3v) is 6.33. The largest absolute Gasteiger partial charge is 0.495 e. The minimum atomic E-state index is -3.35. The second-order valence-corrected chi connectivity index (χ2v) is 10.2. The second kappa shape index (κ2) is 8.75. The first-order valence-corrected chi connectivity index (χ1v) is 12.0. The lowest BCUT2D eigenvalue weighted by atomic mass is 10.1. The van der Waals surface area contributed by atoms with Gasteiger partial charge in [-0.3, -0.25) is 4.90 Å². The highest BCUT2D eigenvalue weighted by atomic mass is 32.2. The van der Waals surface area contributed by atoms with Crippen LogP contribution in [0.4, 0.5) is 5.69 Å². The summed E-state index contributed by atoms with van der Waals surface area (Å²) in [7, 11) is -1.65. The van der Waals surface area contributed by atoms with Crippen molar-refractivity contribution < 1.29 is 13.2 Å². The number of rotatable bonds is 7. The zero-order valence-electron chi connectivity index (χ0n) is 18.0. The summed E-state index contributed by atoms with van der Waals surface area (Å²) in [6.07, 6.45) is 2.95. The first kappa shape index (κ1) is 21.6. The molecule has 1 saturated heterocycles. The Morgan fingerprint density at radius 3 is 2.59 bits per heavy atom. The van der Waals surface area contributed by atoms with E-state index in [9.17, 15) is 8.42 Å². The predicted octanol–water partition coefficient (Wildman–Crippen LogP) is 2.66. The van der Waals surface area contributed by atoms with Gasteiger partial charge in [0.1, 0.15) is 5.75 Å². The molecule has 1 aliphatic heterocycles. The molecule has 3 rings (SSSR count). The Labute approximate surface area is 174 Å². The predicted molar refractivity (Wildman–Crippen MR) is 115 cm³/mol. The summed E-state index contributed by atoms with van der Waals surface area (Å²) in [6, 6.07) is 8.42. The number of nitrogens with zero attached hydrogens (tertiary/aromatic N) is 4. The Bertz CT molecular complexity index is 939. The van der Waals surface area contributed by atoms with Crippen molar-refractivity contribution in [2.24, 2.45) is 5.92 Å². The van der Waals surface area contributed by atoms with Crippen LogP contribution < -0.4 is 9.64 Å². The number of ether oxygens (including phenoxy) is 1. The quantitative estimate of drug-likeness (QED) is 0.686. The van der Waals surface area contributed by atoms with Crippen LogP contribution in [0.3, 0.4) is 0 Å². The lowest BCUT2D eigenvalue weighted by Crippen LogP contribution is -2.51. The maximum atomic E-state index is 12.1. The van der Waals surface area contributed by atoms with Crippen LogP contribution in [0, 0.1) is 5.92 Å². The summed E-state index contributed by atoms with van der Waals surface area (Å²) in [5.41, 5.74) is 2.07. The topological polar surface area (TPSA) is 67.7 Å². The van der Waals surface area contributed by atoms with Gasteiger partial charge in [-0.25, -0.2) is 13.4 Å². The van der Waals surface area contributed by atoms with Crippen LogP contribution in [0.1, 0.15) is 26.5 Å². The van der Waals surface area contributed by atoms with E-state index in [1.807, 2.05) is 22.8 Å². The second-order valence-electron chi connectivity index (χ2n) is 8.25. The summed E-state index contributed by atoms with van der Waals surface area (Å²) in [4.78, 5) is 8.99. The summed E-state index contributed by atoms with van der Waals surface area (Å²) < 4.78 is 31.7. The maximum absolute atomic E-state index is 12.1. The van der Waals surface area contributed by atoms with Crippen molar-refractivity contribution in [3.05, 3.63) is 36.2 Å². The molecule has 0 saturated carbocycles. The molecule has 0 radical (unpaired) electrons. The van der Waals surface area contributed by atoms with Gasteiger partial charge in [0.15, 0.2) is 0 Å². The Kier molecular flexibility index (Phi) is 6.53. The Hall–Kier alpha value is -2.06. The average molecular weight is 421 g/mol. The molecule has 0 amide bonds. The third-order valence-electron chi connectivity index (χ3n) is 5.34. The molecule has 1 aromatic carbocycles. The van der Waals surface area contributed by atoms with Crippen LogP contribution >= 0.6 is 0 Å². The molecule has 0 aliphatic carbocycles. The minimum Gasteiger partial charge on any atom is -0.495 e. The molecule has 1 aromatic heterocycles. The highest BCUT2D eigenvalue weighted by Gasteiger charge is 2.27. The molecule has 1 aliphatic rings. The van der Waals surface area contributed by atoms with Gasteiger partial charge in [0.05, 0.1) is 24.7 Å². The van der Waals surface area contributed by atoms with Crippen LogP contribution in [-0.2, 0) is 22.9 Å². The molecular weight excluding hydrogens is 388 g/mol. The third kappa shape index (κ3) is 4.93. The van der Waals surface area contributed by atoms with Gasteiger partial charge in [-0.15, -0.1) is 0 Å². The Morgan fingerprint density at radius 1 is 1.24 bits per heavy atom. The molecule has 0 unspecified atom stereocenters. The Morgan fingerprint density at radius 2 is 1.97 bits per heavy atom. The van der Waals surface area contributed by atoms with E-state index >= 15 is 0 Å². The number of hydrogen-bond acceptors (Lipinski definition) is 6. The van der Waals surface area contributed by atoms with Crippen LogP contribution in [-0.4, -0.2) is 61.9 Å². The molecule has 7 nitrogen and oxygen atoms in total. The van der Waals surface area contributed by atoms with Crippen LogP contribution in [0.5, 0.6) is 5.75 Å². The number of anilines is 1. The summed E-state index contributed by atoms with van der Waals surface area (Å²) in [5, 5.41) is 0.168. The van der Waals surface area contributed by atoms with Gasteiger partial charge in [-0.2, -0.15) is 0 Å². The van der Waals surface area contributed by atoms with Crippen molar-refractivity contribution >= 4 is 15.5 Å². The van der Waals surface area contributed by atoms with E-state index in [-0.39, 0.29) is 5.16 Å². The van der Waals surface area contributed by atoms with Gasteiger partial charge in [-0.1, -0.05) is 26.0 Å². The number of sulfone groups is 1. The molecule has 1 atom stereocenters. The van der Waals surface area contributed by atoms with E-state index < -0.39 is 9.84 Å². The van der Waals surface area contributed by atoms with Gasteiger partial charge < -0.3 is 14.2 Å².